The summed E-state index contributed by atoms with van der Waals surface area (Å²) in [5.74, 6) is -1.14. The summed E-state index contributed by atoms with van der Waals surface area (Å²) in [5.41, 5.74) is 1.10. The summed E-state index contributed by atoms with van der Waals surface area (Å²) >= 11 is 0. The molecule has 0 heterocycles. The third-order valence-electron chi connectivity index (χ3n) is 7.21. The molecule has 0 aliphatic carbocycles. The van der Waals surface area contributed by atoms with Gasteiger partial charge in [-0.2, -0.15) is 13.2 Å². The third-order valence-corrected chi connectivity index (χ3v) is 9.00. The number of alkyl halides is 3. The first-order valence-corrected chi connectivity index (χ1v) is 15.5. The van der Waals surface area contributed by atoms with Gasteiger partial charge in [0.15, 0.2) is 0 Å². The average molecular weight is 618 g/mol. The number of hydrogen-bond acceptors (Lipinski definition) is 4. The van der Waals surface area contributed by atoms with Crippen molar-refractivity contribution in [3.8, 4) is 0 Å². The number of amides is 2. The Kier molecular flexibility index (Phi) is 11.0. The van der Waals surface area contributed by atoms with E-state index in [9.17, 15) is 31.2 Å². The van der Waals surface area contributed by atoms with Gasteiger partial charge in [-0.05, 0) is 69.5 Å². The van der Waals surface area contributed by atoms with E-state index >= 15 is 0 Å². The Morgan fingerprint density at radius 3 is 2.00 bits per heavy atom. The van der Waals surface area contributed by atoms with Crippen LogP contribution in [0.15, 0.2) is 77.7 Å². The van der Waals surface area contributed by atoms with Crippen LogP contribution in [0.2, 0.25) is 0 Å². The van der Waals surface area contributed by atoms with Gasteiger partial charge in [0.2, 0.25) is 11.8 Å². The van der Waals surface area contributed by atoms with Gasteiger partial charge in [0.05, 0.1) is 16.1 Å². The summed E-state index contributed by atoms with van der Waals surface area (Å²) in [5, 5.41) is 2.89. The summed E-state index contributed by atoms with van der Waals surface area (Å²) in [6.07, 6.45) is -3.85. The Hall–Kier alpha value is -3.86. The minimum absolute atomic E-state index is 0.00738. The molecular weight excluding hydrogens is 579 g/mol. The van der Waals surface area contributed by atoms with Gasteiger partial charge in [0, 0.05) is 12.6 Å². The van der Waals surface area contributed by atoms with E-state index in [1.165, 1.54) is 23.1 Å². The van der Waals surface area contributed by atoms with Crippen LogP contribution in [0.3, 0.4) is 0 Å². The fourth-order valence-electron chi connectivity index (χ4n) is 4.45. The molecule has 0 fully saturated rings. The third kappa shape index (κ3) is 8.59. The topological polar surface area (TPSA) is 86.8 Å². The summed E-state index contributed by atoms with van der Waals surface area (Å²) in [6.45, 7) is 8.32. The van der Waals surface area contributed by atoms with Crippen molar-refractivity contribution >= 4 is 27.5 Å². The van der Waals surface area contributed by atoms with Crippen LogP contribution < -0.4 is 9.62 Å². The largest absolute Gasteiger partial charge is 0.416 e. The first-order valence-electron chi connectivity index (χ1n) is 14.1. The molecule has 3 aromatic rings. The molecule has 43 heavy (non-hydrogen) atoms. The van der Waals surface area contributed by atoms with E-state index in [-0.39, 0.29) is 29.6 Å². The summed E-state index contributed by atoms with van der Waals surface area (Å²) in [4.78, 5) is 28.5. The average Bonchev–Trinajstić information content (AvgIpc) is 2.96. The fraction of sp³-hybridized carbons (Fsp3) is 0.375. The second-order valence-corrected chi connectivity index (χ2v) is 12.5. The van der Waals surface area contributed by atoms with Crippen LogP contribution in [0.4, 0.5) is 18.9 Å². The Labute approximate surface area is 251 Å². The van der Waals surface area contributed by atoms with Crippen LogP contribution in [0.25, 0.3) is 0 Å². The van der Waals surface area contributed by atoms with Crippen molar-refractivity contribution < 1.29 is 31.2 Å². The van der Waals surface area contributed by atoms with Crippen LogP contribution >= 0.6 is 0 Å². The molecule has 0 aliphatic heterocycles. The number of aryl methyl sites for hydroxylation is 2. The Morgan fingerprint density at radius 2 is 1.47 bits per heavy atom. The molecule has 2 amide bonds. The molecule has 7 nitrogen and oxygen atoms in total. The van der Waals surface area contributed by atoms with E-state index < -0.39 is 46.2 Å². The van der Waals surface area contributed by atoms with Crippen molar-refractivity contribution in [3.63, 3.8) is 0 Å². The molecule has 0 radical (unpaired) electrons. The molecule has 1 N–H and O–H groups in total. The maximum atomic E-state index is 14.1. The lowest BCUT2D eigenvalue weighted by molar-refractivity contribution is -0.140. The molecule has 0 unspecified atom stereocenters. The van der Waals surface area contributed by atoms with Crippen LogP contribution in [-0.2, 0) is 32.3 Å². The normalized spacial score (nSPS) is 13.2. The van der Waals surface area contributed by atoms with E-state index in [2.05, 4.69) is 5.32 Å². The number of anilines is 1. The minimum atomic E-state index is -4.74. The Morgan fingerprint density at radius 1 is 0.884 bits per heavy atom. The molecule has 0 aromatic heterocycles. The molecule has 0 spiro atoms. The first-order chi connectivity index (χ1) is 20.2. The van der Waals surface area contributed by atoms with E-state index in [4.69, 9.17) is 0 Å². The van der Waals surface area contributed by atoms with E-state index in [1.807, 2.05) is 45.0 Å². The number of rotatable bonds is 12. The number of hydrogen-bond donors (Lipinski definition) is 1. The molecule has 0 saturated carbocycles. The van der Waals surface area contributed by atoms with E-state index in [0.29, 0.717) is 22.4 Å². The SMILES string of the molecule is CC[C@@H](C)NC(=O)[C@H](CC)N(Cc1ccc(C)cc1)C(=O)CN(c1cccc(C(F)(F)F)c1)S(=O)(=O)c1ccc(C)cc1. The maximum Gasteiger partial charge on any atom is 0.416 e. The summed E-state index contributed by atoms with van der Waals surface area (Å²) < 4.78 is 69.4. The summed E-state index contributed by atoms with van der Waals surface area (Å²) in [7, 11) is -4.50. The van der Waals surface area contributed by atoms with Crippen LogP contribution in [-0.4, -0.2) is 43.8 Å². The van der Waals surface area contributed by atoms with Crippen molar-refractivity contribution in [1.29, 1.82) is 0 Å². The van der Waals surface area contributed by atoms with Gasteiger partial charge in [-0.1, -0.05) is 67.4 Å². The highest BCUT2D eigenvalue weighted by Crippen LogP contribution is 2.33. The van der Waals surface area contributed by atoms with Crippen molar-refractivity contribution in [2.75, 3.05) is 10.8 Å². The fourth-order valence-corrected chi connectivity index (χ4v) is 5.86. The van der Waals surface area contributed by atoms with E-state index in [0.717, 1.165) is 23.3 Å². The van der Waals surface area contributed by atoms with Gasteiger partial charge in [-0.25, -0.2) is 8.42 Å². The van der Waals surface area contributed by atoms with Crippen LogP contribution in [0, 0.1) is 13.8 Å². The molecule has 0 saturated heterocycles. The van der Waals surface area contributed by atoms with Gasteiger partial charge in [-0.3, -0.25) is 13.9 Å². The highest BCUT2D eigenvalue weighted by molar-refractivity contribution is 7.92. The maximum absolute atomic E-state index is 14.1. The molecule has 2 atom stereocenters. The molecule has 0 aliphatic rings. The van der Waals surface area contributed by atoms with Gasteiger partial charge < -0.3 is 10.2 Å². The minimum Gasteiger partial charge on any atom is -0.352 e. The second kappa shape index (κ2) is 14.1. The monoisotopic (exact) mass is 617 g/mol. The lowest BCUT2D eigenvalue weighted by Gasteiger charge is -2.34. The van der Waals surface area contributed by atoms with Crippen LogP contribution in [0.5, 0.6) is 0 Å². The predicted molar refractivity (Wildman–Crippen MR) is 161 cm³/mol. The lowest BCUT2D eigenvalue weighted by Crippen LogP contribution is -2.53. The highest BCUT2D eigenvalue weighted by Gasteiger charge is 2.36. The zero-order chi connectivity index (χ0) is 31.9. The zero-order valence-corrected chi connectivity index (χ0v) is 25.8. The summed E-state index contributed by atoms with van der Waals surface area (Å²) in [6, 6.07) is 15.9. The number of nitrogens with zero attached hydrogens (tertiary/aromatic N) is 2. The molecule has 3 rings (SSSR count). The highest BCUT2D eigenvalue weighted by atomic mass is 32.2. The molecule has 11 heteroatoms. The van der Waals surface area contributed by atoms with Crippen molar-refractivity contribution in [1.82, 2.24) is 10.2 Å². The quantitative estimate of drug-likeness (QED) is 0.261. The van der Waals surface area contributed by atoms with Crippen LogP contribution in [0.1, 0.15) is 55.9 Å². The number of halogens is 3. The van der Waals surface area contributed by atoms with Gasteiger partial charge in [-0.15, -0.1) is 0 Å². The lowest BCUT2D eigenvalue weighted by atomic mass is 10.1. The number of nitrogens with one attached hydrogen (secondary N) is 1. The Balaban J connectivity index is 2.12. The molecule has 3 aromatic carbocycles. The molecule has 0 bridgehead atoms. The zero-order valence-electron chi connectivity index (χ0n) is 25.0. The second-order valence-electron chi connectivity index (χ2n) is 10.6. The van der Waals surface area contributed by atoms with Crippen molar-refractivity contribution in [3.05, 3.63) is 95.1 Å². The van der Waals surface area contributed by atoms with E-state index in [1.54, 1.807) is 26.0 Å². The standard InChI is InChI=1S/C32H38F3N3O4S/c1-6-24(5)36-31(40)29(7-2)37(20-25-15-11-22(3)12-16-25)30(39)21-38(27-10-8-9-26(19-27)32(33,34)35)43(41,42)28-17-13-23(4)14-18-28/h8-19,24,29H,6-7,20-21H2,1-5H3,(H,36,40)/t24-,29+/m1/s1. The number of sulfonamides is 1. The number of carbonyl (C=O) groups is 2. The van der Waals surface area contributed by atoms with Crippen molar-refractivity contribution in [2.24, 2.45) is 0 Å². The molecular formula is C32H38F3N3O4S. The van der Waals surface area contributed by atoms with Gasteiger partial charge in [0.25, 0.3) is 10.0 Å². The predicted octanol–water partition coefficient (Wildman–Crippen LogP) is 6.24. The van der Waals surface area contributed by atoms with Crippen molar-refractivity contribution in [2.45, 2.75) is 77.2 Å². The smallest absolute Gasteiger partial charge is 0.352 e. The number of benzene rings is 3. The molecule has 232 valence electrons. The number of carbonyl (C=O) groups excluding carboxylic acids is 2. The van der Waals surface area contributed by atoms with Gasteiger partial charge >= 0.3 is 6.18 Å². The van der Waals surface area contributed by atoms with Gasteiger partial charge in [0.1, 0.15) is 12.6 Å². The Bertz CT molecular complexity index is 1510. The first kappa shape index (κ1) is 33.6.